The van der Waals surface area contributed by atoms with Crippen LogP contribution in [-0.2, 0) is 20.2 Å². The maximum Gasteiger partial charge on any atom is 0.235 e. The van der Waals surface area contributed by atoms with Crippen molar-refractivity contribution in [2.75, 3.05) is 21.9 Å². The first-order valence-electron chi connectivity index (χ1n) is 8.97. The predicted octanol–water partition coefficient (Wildman–Crippen LogP) is 3.74. The average molecular weight is 391 g/mol. The smallest absolute Gasteiger partial charge is 0.235 e. The number of thiophene rings is 1. The third kappa shape index (κ3) is 3.03. The molecule has 0 unspecified atom stereocenters. The van der Waals surface area contributed by atoms with Crippen LogP contribution < -0.4 is 9.62 Å². The molecule has 2 fully saturated rings. The van der Waals surface area contributed by atoms with Crippen molar-refractivity contribution in [3.8, 4) is 0 Å². The first-order valence-corrected chi connectivity index (χ1v) is 11.5. The van der Waals surface area contributed by atoms with Crippen LogP contribution in [0.3, 0.4) is 0 Å². The second-order valence-corrected chi connectivity index (χ2v) is 9.97. The molecule has 5 nitrogen and oxygen atoms in total. The fourth-order valence-electron chi connectivity index (χ4n) is 4.03. The van der Waals surface area contributed by atoms with E-state index >= 15 is 0 Å². The number of rotatable bonds is 4. The molecule has 0 spiro atoms. The minimum absolute atomic E-state index is 0.0129. The molecule has 0 bridgehead atoms. The molecule has 0 radical (unpaired) electrons. The minimum atomic E-state index is -3.23. The summed E-state index contributed by atoms with van der Waals surface area (Å²) in [6, 6.07) is 11.2. The quantitative estimate of drug-likeness (QED) is 0.865. The summed E-state index contributed by atoms with van der Waals surface area (Å²) in [5.74, 6) is 0.198. The van der Waals surface area contributed by atoms with Crippen LogP contribution in [0.5, 0.6) is 0 Å². The second-order valence-electron chi connectivity index (χ2n) is 7.01. The Kier molecular flexibility index (Phi) is 4.52. The number of sulfonamides is 1. The third-order valence-electron chi connectivity index (χ3n) is 5.38. The van der Waals surface area contributed by atoms with E-state index in [9.17, 15) is 13.2 Å². The summed E-state index contributed by atoms with van der Waals surface area (Å²) in [4.78, 5) is 14.3. The van der Waals surface area contributed by atoms with E-state index in [4.69, 9.17) is 0 Å². The third-order valence-corrected chi connectivity index (χ3v) is 8.32. The zero-order chi connectivity index (χ0) is 18.2. The van der Waals surface area contributed by atoms with Gasteiger partial charge in [0.15, 0.2) is 0 Å². The molecule has 2 aliphatic rings. The van der Waals surface area contributed by atoms with Crippen molar-refractivity contribution < 1.29 is 13.2 Å². The van der Waals surface area contributed by atoms with Gasteiger partial charge in [-0.2, -0.15) is 0 Å². The van der Waals surface area contributed by atoms with Gasteiger partial charge in [0.25, 0.3) is 0 Å². The monoisotopic (exact) mass is 390 g/mol. The molecule has 0 atom stereocenters. The first kappa shape index (κ1) is 17.5. The van der Waals surface area contributed by atoms with Crippen molar-refractivity contribution in [1.82, 2.24) is 0 Å². The molecule has 1 saturated carbocycles. The molecule has 1 aromatic heterocycles. The highest BCUT2D eigenvalue weighted by molar-refractivity contribution is 7.93. The summed E-state index contributed by atoms with van der Waals surface area (Å²) >= 11 is 1.63. The van der Waals surface area contributed by atoms with Crippen molar-refractivity contribution in [2.24, 2.45) is 0 Å². The maximum atomic E-state index is 13.2. The Hall–Kier alpha value is -1.86. The van der Waals surface area contributed by atoms with Gasteiger partial charge in [0.05, 0.1) is 16.9 Å². The van der Waals surface area contributed by atoms with Crippen molar-refractivity contribution in [2.45, 2.75) is 37.5 Å². The minimum Gasteiger partial charge on any atom is -0.325 e. The molecule has 7 heteroatoms. The largest absolute Gasteiger partial charge is 0.325 e. The van der Waals surface area contributed by atoms with Gasteiger partial charge in [0.1, 0.15) is 0 Å². The number of hydrogen-bond acceptors (Lipinski definition) is 4. The Balaban J connectivity index is 1.59. The number of nitrogens with one attached hydrogen (secondary N) is 1. The molecule has 2 heterocycles. The highest BCUT2D eigenvalue weighted by Crippen LogP contribution is 2.44. The van der Waals surface area contributed by atoms with Crippen LogP contribution in [0.25, 0.3) is 0 Å². The van der Waals surface area contributed by atoms with E-state index in [2.05, 4.69) is 5.32 Å². The van der Waals surface area contributed by atoms with Crippen molar-refractivity contribution in [3.05, 3.63) is 46.7 Å². The van der Waals surface area contributed by atoms with Gasteiger partial charge >= 0.3 is 0 Å². The topological polar surface area (TPSA) is 66.5 Å². The van der Waals surface area contributed by atoms with Gasteiger partial charge in [0, 0.05) is 17.1 Å². The fourth-order valence-corrected chi connectivity index (χ4v) is 6.57. The van der Waals surface area contributed by atoms with Crippen molar-refractivity contribution in [1.29, 1.82) is 0 Å². The zero-order valence-corrected chi connectivity index (χ0v) is 16.1. The summed E-state index contributed by atoms with van der Waals surface area (Å²) in [5, 5.41) is 5.07. The number of nitrogens with zero attached hydrogens (tertiary/aromatic N) is 1. The molecule has 1 aliphatic carbocycles. The average Bonchev–Trinajstić information content (AvgIpc) is 3.35. The van der Waals surface area contributed by atoms with E-state index in [0.29, 0.717) is 24.3 Å². The Morgan fingerprint density at radius 2 is 1.92 bits per heavy atom. The molecule has 2 aromatic rings. The van der Waals surface area contributed by atoms with E-state index in [1.165, 1.54) is 4.31 Å². The Morgan fingerprint density at radius 3 is 2.58 bits per heavy atom. The first-order chi connectivity index (χ1) is 12.5. The molecule has 1 amide bonds. The zero-order valence-electron chi connectivity index (χ0n) is 14.5. The summed E-state index contributed by atoms with van der Waals surface area (Å²) in [5.41, 5.74) is 0.818. The SMILES string of the molecule is O=C(Nc1cccc(N2CCCS2(=O)=O)c1)C1(c2cccs2)CCCC1. The van der Waals surface area contributed by atoms with Crippen LogP contribution in [0.1, 0.15) is 37.0 Å². The Morgan fingerprint density at radius 1 is 1.12 bits per heavy atom. The van der Waals surface area contributed by atoms with Crippen molar-refractivity contribution in [3.63, 3.8) is 0 Å². The number of amides is 1. The summed E-state index contributed by atoms with van der Waals surface area (Å²) in [6.45, 7) is 0.499. The van der Waals surface area contributed by atoms with E-state index in [1.54, 1.807) is 29.5 Å². The van der Waals surface area contributed by atoms with E-state index in [-0.39, 0.29) is 11.7 Å². The maximum absolute atomic E-state index is 13.2. The number of carbonyl (C=O) groups excluding carboxylic acids is 1. The van der Waals surface area contributed by atoms with Gasteiger partial charge in [-0.3, -0.25) is 9.10 Å². The standard InChI is InChI=1S/C19H22N2O3S2/c22-18(19(9-1-2-10-19)17-8-4-12-25-17)20-15-6-3-7-16(14-15)21-11-5-13-26(21,23)24/h3-4,6-8,12,14H,1-2,5,9-11,13H2,(H,20,22). The van der Waals surface area contributed by atoms with Gasteiger partial charge < -0.3 is 5.32 Å². The molecular formula is C19H22N2O3S2. The van der Waals surface area contributed by atoms with Crippen LogP contribution in [0.15, 0.2) is 41.8 Å². The van der Waals surface area contributed by atoms with Crippen LogP contribution in [-0.4, -0.2) is 26.6 Å². The lowest BCUT2D eigenvalue weighted by Crippen LogP contribution is -2.37. The molecule has 1 aliphatic heterocycles. The second kappa shape index (κ2) is 6.70. The molecule has 138 valence electrons. The van der Waals surface area contributed by atoms with Gasteiger partial charge in [-0.25, -0.2) is 8.42 Å². The molecule has 1 saturated heterocycles. The van der Waals surface area contributed by atoms with Gasteiger partial charge in [-0.05, 0) is 48.9 Å². The van der Waals surface area contributed by atoms with E-state index in [0.717, 1.165) is 30.6 Å². The predicted molar refractivity (Wildman–Crippen MR) is 105 cm³/mol. The van der Waals surface area contributed by atoms with Crippen LogP contribution in [0.2, 0.25) is 0 Å². The van der Waals surface area contributed by atoms with Crippen LogP contribution >= 0.6 is 11.3 Å². The van der Waals surface area contributed by atoms with Crippen molar-refractivity contribution >= 4 is 38.6 Å². The summed E-state index contributed by atoms with van der Waals surface area (Å²) in [6.07, 6.45) is 4.47. The van der Waals surface area contributed by atoms with Gasteiger partial charge in [0.2, 0.25) is 15.9 Å². The number of carbonyl (C=O) groups is 1. The highest BCUT2D eigenvalue weighted by atomic mass is 32.2. The van der Waals surface area contributed by atoms with Gasteiger partial charge in [-0.15, -0.1) is 11.3 Å². The summed E-state index contributed by atoms with van der Waals surface area (Å²) in [7, 11) is -3.23. The van der Waals surface area contributed by atoms with Crippen LogP contribution in [0.4, 0.5) is 11.4 Å². The lowest BCUT2D eigenvalue weighted by atomic mass is 9.83. The number of hydrogen-bond donors (Lipinski definition) is 1. The summed E-state index contributed by atoms with van der Waals surface area (Å²) < 4.78 is 25.7. The highest BCUT2D eigenvalue weighted by Gasteiger charge is 2.43. The van der Waals surface area contributed by atoms with Crippen LogP contribution in [0, 0.1) is 0 Å². The lowest BCUT2D eigenvalue weighted by Gasteiger charge is -2.27. The molecule has 1 N–H and O–H groups in total. The number of anilines is 2. The molecule has 1 aromatic carbocycles. The number of benzene rings is 1. The van der Waals surface area contributed by atoms with E-state index in [1.807, 2.05) is 23.6 Å². The molecular weight excluding hydrogens is 368 g/mol. The molecule has 4 rings (SSSR count). The Bertz CT molecular complexity index is 901. The molecule has 26 heavy (non-hydrogen) atoms. The lowest BCUT2D eigenvalue weighted by molar-refractivity contribution is -0.121. The fraction of sp³-hybridized carbons (Fsp3) is 0.421. The van der Waals surface area contributed by atoms with E-state index < -0.39 is 15.4 Å². The van der Waals surface area contributed by atoms with Gasteiger partial charge in [-0.1, -0.05) is 25.0 Å². The normalized spacial score (nSPS) is 21.0. The Labute approximate surface area is 158 Å².